The lowest BCUT2D eigenvalue weighted by molar-refractivity contribution is 0.0904. The van der Waals surface area contributed by atoms with Crippen molar-refractivity contribution in [3.05, 3.63) is 46.0 Å². The Balaban J connectivity index is 1.98. The Morgan fingerprint density at radius 1 is 1.50 bits per heavy atom. The van der Waals surface area contributed by atoms with Gasteiger partial charge in [-0.25, -0.2) is 0 Å². The van der Waals surface area contributed by atoms with E-state index in [1.807, 2.05) is 24.4 Å². The Labute approximate surface area is 110 Å². The van der Waals surface area contributed by atoms with Gasteiger partial charge in [0.15, 0.2) is 5.76 Å². The van der Waals surface area contributed by atoms with Crippen LogP contribution in [0.2, 0.25) is 0 Å². The number of carbonyl (C=O) groups excluding carboxylic acids is 1. The minimum atomic E-state index is -0.210. The molecule has 0 bridgehead atoms. The summed E-state index contributed by atoms with van der Waals surface area (Å²) in [4.78, 5) is 13.0. The van der Waals surface area contributed by atoms with Gasteiger partial charge in [-0.3, -0.25) is 4.79 Å². The Kier molecular flexibility index (Phi) is 4.17. The summed E-state index contributed by atoms with van der Waals surface area (Å²) >= 11 is 1.62. The number of nitrogens with one attached hydrogen (secondary N) is 1. The monoisotopic (exact) mass is 265 g/mol. The first-order valence-electron chi connectivity index (χ1n) is 5.62. The Hall–Kier alpha value is -1.59. The number of amides is 1. The van der Waals surface area contributed by atoms with Crippen molar-refractivity contribution in [2.75, 3.05) is 7.11 Å². The summed E-state index contributed by atoms with van der Waals surface area (Å²) in [6.45, 7) is 2.32. The zero-order valence-electron chi connectivity index (χ0n) is 10.3. The molecule has 0 aliphatic carbocycles. The van der Waals surface area contributed by atoms with E-state index in [4.69, 9.17) is 9.15 Å². The van der Waals surface area contributed by atoms with Crippen LogP contribution in [0.5, 0.6) is 0 Å². The average Bonchev–Trinajstić information content (AvgIpc) is 3.00. The van der Waals surface area contributed by atoms with Crippen LogP contribution in [0.4, 0.5) is 0 Å². The second kappa shape index (κ2) is 5.84. The molecule has 0 fully saturated rings. The smallest absolute Gasteiger partial charge is 0.287 e. The molecule has 1 N–H and O–H groups in total. The predicted octanol–water partition coefficient (Wildman–Crippen LogP) is 2.98. The highest BCUT2D eigenvalue weighted by Crippen LogP contribution is 2.19. The van der Waals surface area contributed by atoms with Gasteiger partial charge in [0.05, 0.1) is 6.04 Å². The second-order valence-corrected chi connectivity index (χ2v) is 4.89. The molecule has 0 aliphatic rings. The Morgan fingerprint density at radius 2 is 2.33 bits per heavy atom. The lowest BCUT2D eigenvalue weighted by Gasteiger charge is -2.10. The summed E-state index contributed by atoms with van der Waals surface area (Å²) in [5.74, 6) is 0.745. The molecule has 0 saturated heterocycles. The van der Waals surface area contributed by atoms with Crippen LogP contribution in [0, 0.1) is 0 Å². The van der Waals surface area contributed by atoms with Crippen LogP contribution in [0.15, 0.2) is 34.1 Å². The van der Waals surface area contributed by atoms with Gasteiger partial charge in [-0.1, -0.05) is 6.07 Å². The quantitative estimate of drug-likeness (QED) is 0.904. The van der Waals surface area contributed by atoms with Crippen LogP contribution in [-0.2, 0) is 11.3 Å². The van der Waals surface area contributed by atoms with E-state index in [2.05, 4.69) is 5.32 Å². The molecular formula is C13H15NO3S. The fourth-order valence-electron chi connectivity index (χ4n) is 1.60. The molecule has 96 valence electrons. The summed E-state index contributed by atoms with van der Waals surface area (Å²) < 4.78 is 10.3. The van der Waals surface area contributed by atoms with Crippen molar-refractivity contribution in [2.45, 2.75) is 19.6 Å². The normalized spacial score (nSPS) is 12.3. The van der Waals surface area contributed by atoms with Crippen LogP contribution in [0.3, 0.4) is 0 Å². The second-order valence-electron chi connectivity index (χ2n) is 3.91. The first kappa shape index (κ1) is 12.9. The zero-order valence-corrected chi connectivity index (χ0v) is 11.1. The van der Waals surface area contributed by atoms with Crippen molar-refractivity contribution in [1.82, 2.24) is 5.32 Å². The van der Waals surface area contributed by atoms with E-state index in [-0.39, 0.29) is 11.9 Å². The summed E-state index contributed by atoms with van der Waals surface area (Å²) in [6.07, 6.45) is 0. The van der Waals surface area contributed by atoms with E-state index in [1.54, 1.807) is 30.6 Å². The number of hydrogen-bond acceptors (Lipinski definition) is 4. The molecule has 18 heavy (non-hydrogen) atoms. The molecule has 0 radical (unpaired) electrons. The van der Waals surface area contributed by atoms with Gasteiger partial charge in [-0.05, 0) is 30.5 Å². The van der Waals surface area contributed by atoms with E-state index in [1.165, 1.54) is 0 Å². The third-order valence-electron chi connectivity index (χ3n) is 2.49. The molecule has 1 atom stereocenters. The largest absolute Gasteiger partial charge is 0.453 e. The first-order valence-corrected chi connectivity index (χ1v) is 6.50. The zero-order chi connectivity index (χ0) is 13.0. The first-order chi connectivity index (χ1) is 8.70. The van der Waals surface area contributed by atoms with Crippen LogP contribution in [0.25, 0.3) is 0 Å². The number of rotatable bonds is 5. The van der Waals surface area contributed by atoms with Crippen LogP contribution < -0.4 is 5.32 Å². The van der Waals surface area contributed by atoms with Crippen molar-refractivity contribution in [3.8, 4) is 0 Å². The van der Waals surface area contributed by atoms with Gasteiger partial charge >= 0.3 is 0 Å². The molecule has 4 nitrogen and oxygen atoms in total. The lowest BCUT2D eigenvalue weighted by Crippen LogP contribution is -2.25. The van der Waals surface area contributed by atoms with Gasteiger partial charge in [0, 0.05) is 12.0 Å². The maximum absolute atomic E-state index is 11.9. The van der Waals surface area contributed by atoms with Crippen molar-refractivity contribution < 1.29 is 13.9 Å². The maximum Gasteiger partial charge on any atom is 0.287 e. The molecule has 2 aromatic rings. The minimum absolute atomic E-state index is 0.0199. The average molecular weight is 265 g/mol. The fourth-order valence-corrected chi connectivity index (χ4v) is 2.33. The van der Waals surface area contributed by atoms with E-state index >= 15 is 0 Å². The van der Waals surface area contributed by atoms with E-state index in [0.717, 1.165) is 4.88 Å². The Morgan fingerprint density at radius 3 is 3.00 bits per heavy atom. The highest BCUT2D eigenvalue weighted by atomic mass is 32.1. The number of hydrogen-bond donors (Lipinski definition) is 1. The van der Waals surface area contributed by atoms with Gasteiger partial charge in [0.25, 0.3) is 5.91 Å². The number of furan rings is 1. The van der Waals surface area contributed by atoms with Crippen molar-refractivity contribution >= 4 is 17.2 Å². The number of ether oxygens (including phenoxy) is 1. The summed E-state index contributed by atoms with van der Waals surface area (Å²) in [6, 6.07) is 7.34. The standard InChI is InChI=1S/C13H15NO3S/c1-9(12-4-3-7-18-12)14-13(15)11-6-5-10(17-11)8-16-2/h3-7,9H,8H2,1-2H3,(H,14,15). The van der Waals surface area contributed by atoms with Crippen molar-refractivity contribution in [2.24, 2.45) is 0 Å². The van der Waals surface area contributed by atoms with E-state index in [0.29, 0.717) is 18.1 Å². The number of carbonyl (C=O) groups is 1. The van der Waals surface area contributed by atoms with E-state index < -0.39 is 0 Å². The third kappa shape index (κ3) is 3.00. The van der Waals surface area contributed by atoms with Gasteiger partial charge in [-0.2, -0.15) is 0 Å². The van der Waals surface area contributed by atoms with Gasteiger partial charge < -0.3 is 14.5 Å². The molecule has 2 rings (SSSR count). The van der Waals surface area contributed by atoms with Gasteiger partial charge in [0.1, 0.15) is 12.4 Å². The molecule has 1 amide bonds. The highest BCUT2D eigenvalue weighted by Gasteiger charge is 2.15. The predicted molar refractivity (Wildman–Crippen MR) is 69.6 cm³/mol. The van der Waals surface area contributed by atoms with Crippen LogP contribution in [-0.4, -0.2) is 13.0 Å². The molecular weight excluding hydrogens is 250 g/mol. The highest BCUT2D eigenvalue weighted by molar-refractivity contribution is 7.10. The number of thiophene rings is 1. The molecule has 1 unspecified atom stereocenters. The molecule has 0 spiro atoms. The van der Waals surface area contributed by atoms with Crippen LogP contribution in [0.1, 0.15) is 34.2 Å². The lowest BCUT2D eigenvalue weighted by atomic mass is 10.2. The SMILES string of the molecule is COCc1ccc(C(=O)NC(C)c2cccs2)o1. The summed E-state index contributed by atoms with van der Waals surface area (Å²) in [5.41, 5.74) is 0. The summed E-state index contributed by atoms with van der Waals surface area (Å²) in [5, 5.41) is 4.88. The van der Waals surface area contributed by atoms with Crippen molar-refractivity contribution in [1.29, 1.82) is 0 Å². The van der Waals surface area contributed by atoms with E-state index in [9.17, 15) is 4.79 Å². The molecule has 0 aliphatic heterocycles. The van der Waals surface area contributed by atoms with Crippen molar-refractivity contribution in [3.63, 3.8) is 0 Å². The van der Waals surface area contributed by atoms with Gasteiger partial charge in [0.2, 0.25) is 0 Å². The molecule has 0 aromatic carbocycles. The molecule has 2 heterocycles. The molecule has 0 saturated carbocycles. The van der Waals surface area contributed by atoms with Gasteiger partial charge in [-0.15, -0.1) is 11.3 Å². The fraction of sp³-hybridized carbons (Fsp3) is 0.308. The van der Waals surface area contributed by atoms with Crippen LogP contribution >= 0.6 is 11.3 Å². The Bertz CT molecular complexity index is 504. The molecule has 2 aromatic heterocycles. The maximum atomic E-state index is 11.9. The minimum Gasteiger partial charge on any atom is -0.453 e. The third-order valence-corrected chi connectivity index (χ3v) is 3.54. The topological polar surface area (TPSA) is 51.5 Å². The number of methoxy groups -OCH3 is 1. The summed E-state index contributed by atoms with van der Waals surface area (Å²) in [7, 11) is 1.58. The molecule has 5 heteroatoms.